The predicted octanol–water partition coefficient (Wildman–Crippen LogP) is 0.444. The molecule has 0 aromatic heterocycles. The molecule has 2 fully saturated rings. The molecule has 3 unspecified atom stereocenters. The van der Waals surface area contributed by atoms with Crippen LogP contribution in [-0.2, 0) is 9.59 Å². The summed E-state index contributed by atoms with van der Waals surface area (Å²) in [4.78, 5) is 32.2. The van der Waals surface area contributed by atoms with Gasteiger partial charge in [-0.2, -0.15) is 0 Å². The fourth-order valence-corrected chi connectivity index (χ4v) is 6.23. The van der Waals surface area contributed by atoms with Gasteiger partial charge in [0, 0.05) is 35.6 Å². The predicted molar refractivity (Wildman–Crippen MR) is 153 cm³/mol. The SMILES string of the molecule is NN=NC1=C(Cl)N=C(C(=O)NC2NC3(CCN(C(=O)C4=CSC(c5ccc(Cl)cc5)N4)CC3)CN2N)C(N=NN)N1. The molecule has 0 radical (unpaired) electrons. The number of hydrogen-bond acceptors (Lipinski definition) is 13. The number of amides is 2. The number of hydrogen-bond donors (Lipinski definition) is 7. The van der Waals surface area contributed by atoms with Gasteiger partial charge in [-0.25, -0.2) is 10.0 Å². The summed E-state index contributed by atoms with van der Waals surface area (Å²) in [7, 11) is 0. The van der Waals surface area contributed by atoms with Crippen molar-refractivity contribution in [3.8, 4) is 0 Å². The fourth-order valence-electron chi connectivity index (χ4n) is 4.97. The van der Waals surface area contributed by atoms with E-state index in [0.717, 1.165) is 5.56 Å². The van der Waals surface area contributed by atoms with Gasteiger partial charge in [0.15, 0.2) is 22.9 Å². The average molecular weight is 624 g/mol. The Morgan fingerprint density at radius 2 is 1.85 bits per heavy atom. The lowest BCUT2D eigenvalue weighted by molar-refractivity contribution is -0.129. The van der Waals surface area contributed by atoms with E-state index in [4.69, 9.17) is 40.7 Å². The molecule has 1 aromatic rings. The maximum Gasteiger partial charge on any atom is 0.272 e. The first-order chi connectivity index (χ1) is 19.7. The molecule has 16 nitrogen and oxygen atoms in total. The fraction of sp³-hybridized carbons (Fsp3) is 0.409. The lowest BCUT2D eigenvalue weighted by Gasteiger charge is -2.39. The highest BCUT2D eigenvalue weighted by atomic mass is 35.5. The smallest absolute Gasteiger partial charge is 0.272 e. The van der Waals surface area contributed by atoms with E-state index in [1.165, 1.54) is 5.01 Å². The number of rotatable bonds is 6. The number of benzene rings is 1. The summed E-state index contributed by atoms with van der Waals surface area (Å²) < 4.78 is 0. The molecule has 0 bridgehead atoms. The van der Waals surface area contributed by atoms with Crippen LogP contribution in [0.25, 0.3) is 0 Å². The van der Waals surface area contributed by atoms with Gasteiger partial charge in [-0.3, -0.25) is 20.7 Å². The number of halogens is 2. The third kappa shape index (κ3) is 6.24. The van der Waals surface area contributed by atoms with Crippen LogP contribution < -0.4 is 38.8 Å². The zero-order valence-corrected chi connectivity index (χ0v) is 23.8. The molecular weight excluding hydrogens is 595 g/mol. The molecule has 10 N–H and O–H groups in total. The molecule has 41 heavy (non-hydrogen) atoms. The molecule has 0 aliphatic carbocycles. The van der Waals surface area contributed by atoms with Gasteiger partial charge in [-0.1, -0.05) is 45.8 Å². The van der Waals surface area contributed by atoms with Crippen LogP contribution >= 0.6 is 35.0 Å². The van der Waals surface area contributed by atoms with Crippen molar-refractivity contribution in [3.05, 3.63) is 56.9 Å². The number of thioether (sulfide) groups is 1. The lowest BCUT2D eigenvalue weighted by Crippen LogP contribution is -2.59. The van der Waals surface area contributed by atoms with Crippen molar-refractivity contribution in [2.24, 2.45) is 43.2 Å². The van der Waals surface area contributed by atoms with Crippen LogP contribution in [0.5, 0.6) is 0 Å². The average Bonchev–Trinajstić information content (AvgIpc) is 3.56. The molecule has 4 aliphatic heterocycles. The van der Waals surface area contributed by atoms with Crippen LogP contribution in [0, 0.1) is 0 Å². The third-order valence-corrected chi connectivity index (χ3v) is 8.62. The minimum Gasteiger partial charge on any atom is -0.364 e. The highest BCUT2D eigenvalue weighted by Crippen LogP contribution is 2.36. The molecule has 2 amide bonds. The number of carbonyl (C=O) groups is 2. The van der Waals surface area contributed by atoms with Gasteiger partial charge in [0.25, 0.3) is 11.8 Å². The van der Waals surface area contributed by atoms with Crippen molar-refractivity contribution in [2.45, 2.75) is 36.2 Å². The van der Waals surface area contributed by atoms with Crippen LogP contribution in [0.3, 0.4) is 0 Å². The van der Waals surface area contributed by atoms with Gasteiger partial charge < -0.3 is 32.5 Å². The maximum atomic E-state index is 13.2. The molecule has 1 spiro atoms. The Balaban J connectivity index is 1.17. The summed E-state index contributed by atoms with van der Waals surface area (Å²) in [5.74, 6) is 15.9. The summed E-state index contributed by atoms with van der Waals surface area (Å²) >= 11 is 13.6. The van der Waals surface area contributed by atoms with Crippen molar-refractivity contribution in [1.82, 2.24) is 31.2 Å². The second-order valence-electron chi connectivity index (χ2n) is 9.64. The largest absolute Gasteiger partial charge is 0.364 e. The Kier molecular flexibility index (Phi) is 8.62. The molecule has 2 saturated heterocycles. The van der Waals surface area contributed by atoms with E-state index < -0.39 is 23.9 Å². The lowest BCUT2D eigenvalue weighted by atomic mass is 9.88. The van der Waals surface area contributed by atoms with E-state index in [1.54, 1.807) is 11.8 Å². The topological polar surface area (TPSA) is 229 Å². The quantitative estimate of drug-likeness (QED) is 0.100. The molecule has 5 rings (SSSR count). The standard InChI is InChI=1S/C22H28Cl2N14O2S/c23-12-3-1-11(2-4-12)19-28-13(9-41-19)20(40)37-7-5-22(6-8-37)10-38(27)21(32-22)31-18(39)14-16(33-35-25)30-17(34-36-26)15(24)29-14/h1-4,9,16,19,21,28,30,32H,5-8,10,27H2,(H2,25,33)(H2,26,34)(H,31,39). The van der Waals surface area contributed by atoms with E-state index in [-0.39, 0.29) is 28.0 Å². The van der Waals surface area contributed by atoms with Gasteiger partial charge in [0.2, 0.25) is 0 Å². The number of aliphatic imine (C=N–C) groups is 1. The molecular formula is C22H28Cl2N14O2S. The second kappa shape index (κ2) is 12.2. The highest BCUT2D eigenvalue weighted by Gasteiger charge is 2.46. The van der Waals surface area contributed by atoms with Crippen LogP contribution in [0.2, 0.25) is 5.02 Å². The van der Waals surface area contributed by atoms with E-state index in [2.05, 4.69) is 46.9 Å². The Bertz CT molecular complexity index is 1340. The molecule has 3 atom stereocenters. The number of nitrogens with two attached hydrogens (primary N) is 3. The number of nitrogens with one attached hydrogen (secondary N) is 4. The van der Waals surface area contributed by atoms with E-state index >= 15 is 0 Å². The van der Waals surface area contributed by atoms with Gasteiger partial charge in [-0.15, -0.1) is 22.0 Å². The van der Waals surface area contributed by atoms with Crippen LogP contribution in [-0.4, -0.2) is 65.1 Å². The van der Waals surface area contributed by atoms with Crippen molar-refractivity contribution >= 4 is 52.5 Å². The van der Waals surface area contributed by atoms with Crippen LogP contribution in [0.4, 0.5) is 0 Å². The molecule has 0 saturated carbocycles. The Morgan fingerprint density at radius 3 is 2.54 bits per heavy atom. The minimum absolute atomic E-state index is 0.00507. The number of hydrazine groups is 1. The van der Waals surface area contributed by atoms with Crippen LogP contribution in [0.1, 0.15) is 23.8 Å². The summed E-state index contributed by atoms with van der Waals surface area (Å²) in [5, 5.41) is 29.8. The molecule has 19 heteroatoms. The summed E-state index contributed by atoms with van der Waals surface area (Å²) in [6.07, 6.45) is -0.524. The molecule has 218 valence electrons. The first-order valence-electron chi connectivity index (χ1n) is 12.4. The Hall–Kier alpha value is -3.48. The van der Waals surface area contributed by atoms with E-state index in [9.17, 15) is 9.59 Å². The minimum atomic E-state index is -1.07. The maximum absolute atomic E-state index is 13.2. The normalized spacial score (nSPS) is 26.3. The first-order valence-corrected chi connectivity index (χ1v) is 14.1. The molecule has 1 aromatic carbocycles. The van der Waals surface area contributed by atoms with Gasteiger partial charge in [0.1, 0.15) is 17.4 Å². The van der Waals surface area contributed by atoms with Crippen molar-refractivity contribution in [3.63, 3.8) is 0 Å². The molecule has 4 heterocycles. The van der Waals surface area contributed by atoms with Crippen LogP contribution in [0.15, 0.2) is 72.0 Å². The first kappa shape index (κ1) is 29.0. The Morgan fingerprint density at radius 1 is 1.12 bits per heavy atom. The summed E-state index contributed by atoms with van der Waals surface area (Å²) in [5.41, 5.74) is 1.08. The monoisotopic (exact) mass is 622 g/mol. The number of carbonyl (C=O) groups excluding carboxylic acids is 2. The van der Waals surface area contributed by atoms with Gasteiger partial charge >= 0.3 is 0 Å². The third-order valence-electron chi connectivity index (χ3n) is 7.07. The summed E-state index contributed by atoms with van der Waals surface area (Å²) in [6.45, 7) is 1.49. The number of likely N-dealkylation sites (tertiary alicyclic amines) is 1. The van der Waals surface area contributed by atoms with E-state index in [1.807, 2.05) is 34.6 Å². The zero-order valence-electron chi connectivity index (χ0n) is 21.5. The van der Waals surface area contributed by atoms with Gasteiger partial charge in [-0.05, 0) is 30.5 Å². The van der Waals surface area contributed by atoms with Crippen molar-refractivity contribution < 1.29 is 9.59 Å². The highest BCUT2D eigenvalue weighted by molar-refractivity contribution is 8.02. The Labute approximate surface area is 248 Å². The van der Waals surface area contributed by atoms with E-state index in [0.29, 0.717) is 43.2 Å². The number of nitrogens with zero attached hydrogens (tertiary/aromatic N) is 7. The van der Waals surface area contributed by atoms with Gasteiger partial charge in [0.05, 0.1) is 0 Å². The van der Waals surface area contributed by atoms with Crippen molar-refractivity contribution in [1.29, 1.82) is 0 Å². The zero-order chi connectivity index (χ0) is 29.1. The second-order valence-corrected chi connectivity index (χ2v) is 11.4. The summed E-state index contributed by atoms with van der Waals surface area (Å²) in [6, 6.07) is 7.54. The molecule has 4 aliphatic rings. The van der Waals surface area contributed by atoms with Crippen molar-refractivity contribution in [2.75, 3.05) is 19.6 Å². The number of piperidine rings is 1.